The molecular formula is C21H29N5O3. The van der Waals surface area contributed by atoms with Gasteiger partial charge in [-0.1, -0.05) is 5.16 Å². The van der Waals surface area contributed by atoms with Crippen molar-refractivity contribution in [2.45, 2.75) is 57.2 Å². The van der Waals surface area contributed by atoms with E-state index in [0.717, 1.165) is 75.2 Å². The Morgan fingerprint density at radius 2 is 2.24 bits per heavy atom. The third kappa shape index (κ3) is 3.09. The zero-order chi connectivity index (χ0) is 20.0. The number of amides is 1. The number of likely N-dealkylation sites (tertiary alicyclic amines) is 1. The van der Waals surface area contributed by atoms with Crippen LogP contribution in [0.2, 0.25) is 0 Å². The van der Waals surface area contributed by atoms with Crippen LogP contribution >= 0.6 is 0 Å². The highest BCUT2D eigenvalue weighted by atomic mass is 16.5. The predicted molar refractivity (Wildman–Crippen MR) is 105 cm³/mol. The first-order valence-electron chi connectivity index (χ1n) is 10.6. The Morgan fingerprint density at radius 1 is 1.34 bits per heavy atom. The number of aryl methyl sites for hydroxylation is 2. The number of ether oxygens (including phenoxy) is 1. The Morgan fingerprint density at radius 3 is 3.00 bits per heavy atom. The van der Waals surface area contributed by atoms with Crippen molar-refractivity contribution in [1.29, 1.82) is 0 Å². The minimum Gasteiger partial charge on any atom is -0.368 e. The smallest absolute Gasteiger partial charge is 0.252 e. The summed E-state index contributed by atoms with van der Waals surface area (Å²) in [5.74, 6) is 0.143. The molecule has 29 heavy (non-hydrogen) atoms. The molecule has 8 heteroatoms. The van der Waals surface area contributed by atoms with Crippen LogP contribution < -0.4 is 0 Å². The lowest BCUT2D eigenvalue weighted by molar-refractivity contribution is -0.154. The number of carbonyl (C=O) groups excluding carboxylic acids is 1. The third-order valence-corrected chi connectivity index (χ3v) is 6.88. The summed E-state index contributed by atoms with van der Waals surface area (Å²) in [4.78, 5) is 22.8. The first-order valence-corrected chi connectivity index (χ1v) is 10.6. The molecule has 0 aromatic carbocycles. The lowest BCUT2D eigenvalue weighted by atomic mass is 9.85. The highest BCUT2D eigenvalue weighted by Crippen LogP contribution is 2.43. The molecule has 2 fully saturated rings. The molecule has 1 amide bonds. The van der Waals surface area contributed by atoms with Crippen LogP contribution in [-0.4, -0.2) is 62.8 Å². The molecule has 2 atom stereocenters. The SMILES string of the molecule is Cc1nocc1CN1CCC2(C1)c1ncn(C)c1CCN2C(=O)C1CCCCO1. The number of nitrogens with zero attached hydrogens (tertiary/aromatic N) is 5. The van der Waals surface area contributed by atoms with Crippen molar-refractivity contribution in [1.82, 2.24) is 24.5 Å². The molecule has 0 radical (unpaired) electrons. The van der Waals surface area contributed by atoms with Crippen LogP contribution in [0, 0.1) is 6.92 Å². The second-order valence-corrected chi connectivity index (χ2v) is 8.66. The number of carbonyl (C=O) groups is 1. The summed E-state index contributed by atoms with van der Waals surface area (Å²) >= 11 is 0. The van der Waals surface area contributed by atoms with Crippen molar-refractivity contribution in [3.8, 4) is 0 Å². The molecule has 0 bridgehead atoms. The second kappa shape index (κ2) is 7.25. The molecule has 8 nitrogen and oxygen atoms in total. The topological polar surface area (TPSA) is 76.6 Å². The highest BCUT2D eigenvalue weighted by Gasteiger charge is 2.52. The lowest BCUT2D eigenvalue weighted by Crippen LogP contribution is -2.58. The van der Waals surface area contributed by atoms with Crippen molar-refractivity contribution in [2.24, 2.45) is 7.05 Å². The van der Waals surface area contributed by atoms with E-state index in [1.807, 2.05) is 13.3 Å². The van der Waals surface area contributed by atoms with Crippen LogP contribution in [0.1, 0.15) is 48.3 Å². The molecule has 3 aliphatic rings. The Balaban J connectivity index is 1.46. The second-order valence-electron chi connectivity index (χ2n) is 8.66. The van der Waals surface area contributed by atoms with Crippen molar-refractivity contribution < 1.29 is 14.1 Å². The normalized spacial score (nSPS) is 27.5. The Kier molecular flexibility index (Phi) is 4.70. The van der Waals surface area contributed by atoms with Gasteiger partial charge < -0.3 is 18.7 Å². The number of rotatable bonds is 3. The summed E-state index contributed by atoms with van der Waals surface area (Å²) in [7, 11) is 2.05. The van der Waals surface area contributed by atoms with E-state index in [2.05, 4.69) is 26.6 Å². The van der Waals surface area contributed by atoms with Crippen LogP contribution in [-0.2, 0) is 35.1 Å². The van der Waals surface area contributed by atoms with Gasteiger partial charge in [0.15, 0.2) is 0 Å². The fraction of sp³-hybridized carbons (Fsp3) is 0.667. The summed E-state index contributed by atoms with van der Waals surface area (Å²) in [6.07, 6.45) is 7.98. The molecule has 156 valence electrons. The van der Waals surface area contributed by atoms with Crippen LogP contribution in [0.15, 0.2) is 17.1 Å². The van der Waals surface area contributed by atoms with Crippen LogP contribution in [0.25, 0.3) is 0 Å². The van der Waals surface area contributed by atoms with E-state index < -0.39 is 0 Å². The van der Waals surface area contributed by atoms with Gasteiger partial charge >= 0.3 is 0 Å². The van der Waals surface area contributed by atoms with Gasteiger partial charge in [-0.15, -0.1) is 0 Å². The van der Waals surface area contributed by atoms with Gasteiger partial charge in [-0.3, -0.25) is 9.69 Å². The largest absolute Gasteiger partial charge is 0.368 e. The number of hydrogen-bond donors (Lipinski definition) is 0. The van der Waals surface area contributed by atoms with Gasteiger partial charge in [0.25, 0.3) is 5.91 Å². The molecule has 0 N–H and O–H groups in total. The van der Waals surface area contributed by atoms with Gasteiger partial charge in [0.2, 0.25) is 0 Å². The zero-order valence-corrected chi connectivity index (χ0v) is 17.3. The van der Waals surface area contributed by atoms with Gasteiger partial charge in [-0.2, -0.15) is 0 Å². The number of aromatic nitrogens is 3. The Bertz CT molecular complexity index is 900. The van der Waals surface area contributed by atoms with Crippen molar-refractivity contribution >= 4 is 5.91 Å². The Labute approximate surface area is 170 Å². The van der Waals surface area contributed by atoms with Gasteiger partial charge in [-0.25, -0.2) is 4.98 Å². The maximum absolute atomic E-state index is 13.5. The van der Waals surface area contributed by atoms with E-state index in [1.165, 1.54) is 5.69 Å². The van der Waals surface area contributed by atoms with E-state index in [9.17, 15) is 4.79 Å². The summed E-state index contributed by atoms with van der Waals surface area (Å²) in [6.45, 7) is 5.85. The molecule has 2 aromatic heterocycles. The highest BCUT2D eigenvalue weighted by molar-refractivity contribution is 5.82. The van der Waals surface area contributed by atoms with E-state index in [-0.39, 0.29) is 17.6 Å². The summed E-state index contributed by atoms with van der Waals surface area (Å²) in [5.41, 5.74) is 3.98. The lowest BCUT2D eigenvalue weighted by Gasteiger charge is -2.45. The molecule has 5 heterocycles. The number of fused-ring (bicyclic) bond motifs is 2. The Hall–Kier alpha value is -2.19. The zero-order valence-electron chi connectivity index (χ0n) is 17.3. The average Bonchev–Trinajstić information content (AvgIpc) is 3.44. The number of hydrogen-bond acceptors (Lipinski definition) is 6. The fourth-order valence-corrected chi connectivity index (χ4v) is 5.25. The molecule has 0 aliphatic carbocycles. The van der Waals surface area contributed by atoms with Gasteiger partial charge in [0.1, 0.15) is 17.9 Å². The molecule has 0 saturated carbocycles. The minimum atomic E-state index is -0.377. The minimum absolute atomic E-state index is 0.143. The van der Waals surface area contributed by atoms with Crippen molar-refractivity contribution in [3.05, 3.63) is 35.2 Å². The van der Waals surface area contributed by atoms with E-state index >= 15 is 0 Å². The van der Waals surface area contributed by atoms with E-state index in [1.54, 1.807) is 6.26 Å². The van der Waals surface area contributed by atoms with E-state index in [4.69, 9.17) is 14.2 Å². The molecule has 2 aromatic rings. The quantitative estimate of drug-likeness (QED) is 0.783. The third-order valence-electron chi connectivity index (χ3n) is 6.88. The van der Waals surface area contributed by atoms with E-state index in [0.29, 0.717) is 6.61 Å². The first-order chi connectivity index (χ1) is 14.1. The molecule has 5 rings (SSSR count). The maximum Gasteiger partial charge on any atom is 0.252 e. The summed E-state index contributed by atoms with van der Waals surface area (Å²) in [5, 5.41) is 4.01. The average molecular weight is 399 g/mol. The van der Waals surface area contributed by atoms with Gasteiger partial charge in [0, 0.05) is 57.5 Å². The molecule has 2 unspecified atom stereocenters. The number of imidazole rings is 1. The molecule has 1 spiro atoms. The fourth-order valence-electron chi connectivity index (χ4n) is 5.25. The predicted octanol–water partition coefficient (Wildman–Crippen LogP) is 1.77. The molecular weight excluding hydrogens is 370 g/mol. The molecule has 3 aliphatic heterocycles. The van der Waals surface area contributed by atoms with Crippen LogP contribution in [0.5, 0.6) is 0 Å². The van der Waals surface area contributed by atoms with Crippen molar-refractivity contribution in [2.75, 3.05) is 26.2 Å². The van der Waals surface area contributed by atoms with Crippen LogP contribution in [0.3, 0.4) is 0 Å². The monoisotopic (exact) mass is 399 g/mol. The van der Waals surface area contributed by atoms with Crippen molar-refractivity contribution in [3.63, 3.8) is 0 Å². The van der Waals surface area contributed by atoms with Gasteiger partial charge in [-0.05, 0) is 32.6 Å². The standard InChI is InChI=1S/C21H29N5O3/c1-15-16(12-29-23-15)11-25-9-7-21(13-25)19-17(24(2)14-22-19)6-8-26(21)20(27)18-5-3-4-10-28-18/h12,14,18H,3-11,13H2,1-2H3. The van der Waals surface area contributed by atoms with Crippen LogP contribution in [0.4, 0.5) is 0 Å². The summed E-state index contributed by atoms with van der Waals surface area (Å²) in [6, 6.07) is 0. The van der Waals surface area contributed by atoms with Gasteiger partial charge in [0.05, 0.1) is 17.7 Å². The first kappa shape index (κ1) is 18.8. The summed E-state index contributed by atoms with van der Waals surface area (Å²) < 4.78 is 13.1. The maximum atomic E-state index is 13.5. The molecule has 2 saturated heterocycles.